The summed E-state index contributed by atoms with van der Waals surface area (Å²) in [7, 11) is 0. The van der Waals surface area contributed by atoms with E-state index in [4.69, 9.17) is 5.73 Å². The van der Waals surface area contributed by atoms with Gasteiger partial charge in [-0.05, 0) is 42.1 Å². The number of nitrogens with two attached hydrogens (primary N) is 1. The van der Waals surface area contributed by atoms with E-state index in [0.717, 1.165) is 13.0 Å². The van der Waals surface area contributed by atoms with E-state index in [1.807, 2.05) is 0 Å². The first-order valence-electron chi connectivity index (χ1n) is 6.08. The molecule has 0 amide bonds. The number of unbranched alkanes of at least 4 members (excludes halogenated alkanes) is 2. The fraction of sp³-hybridized carbons (Fsp3) is 0.333. The van der Waals surface area contributed by atoms with Crippen LogP contribution in [0.25, 0.3) is 10.8 Å². The normalized spacial score (nSPS) is 10.2. The van der Waals surface area contributed by atoms with Crippen LogP contribution in [0, 0.1) is 0 Å². The summed E-state index contributed by atoms with van der Waals surface area (Å²) in [5, 5.41) is 2.67. The highest BCUT2D eigenvalue weighted by Crippen LogP contribution is 2.17. The van der Waals surface area contributed by atoms with Crippen molar-refractivity contribution in [3.63, 3.8) is 0 Å². The molecular formula is C15H20ClN. The van der Waals surface area contributed by atoms with Crippen LogP contribution in [-0.2, 0) is 6.42 Å². The molecule has 0 aliphatic heterocycles. The van der Waals surface area contributed by atoms with Crippen molar-refractivity contribution in [3.05, 3.63) is 48.0 Å². The largest absolute Gasteiger partial charge is 0.330 e. The molecule has 0 heterocycles. The summed E-state index contributed by atoms with van der Waals surface area (Å²) in [6, 6.07) is 15.3. The maximum absolute atomic E-state index is 5.48. The van der Waals surface area contributed by atoms with Crippen molar-refractivity contribution >= 4 is 23.2 Å². The average Bonchev–Trinajstić information content (AvgIpc) is 2.34. The maximum atomic E-state index is 5.48. The topological polar surface area (TPSA) is 26.0 Å². The number of rotatable bonds is 5. The Morgan fingerprint density at radius 2 is 1.59 bits per heavy atom. The predicted molar refractivity (Wildman–Crippen MR) is 77.8 cm³/mol. The molecule has 2 aromatic carbocycles. The fourth-order valence-corrected chi connectivity index (χ4v) is 2.04. The highest BCUT2D eigenvalue weighted by atomic mass is 35.5. The number of benzene rings is 2. The van der Waals surface area contributed by atoms with Gasteiger partial charge in [0.05, 0.1) is 0 Å². The van der Waals surface area contributed by atoms with Gasteiger partial charge in [-0.1, -0.05) is 48.9 Å². The number of halogens is 1. The molecule has 0 fully saturated rings. The van der Waals surface area contributed by atoms with Crippen LogP contribution < -0.4 is 5.73 Å². The second-order valence-corrected chi connectivity index (χ2v) is 4.28. The molecule has 2 heteroatoms. The monoisotopic (exact) mass is 249 g/mol. The molecule has 0 aromatic heterocycles. The van der Waals surface area contributed by atoms with Crippen LogP contribution >= 0.6 is 12.4 Å². The molecule has 2 N–H and O–H groups in total. The van der Waals surface area contributed by atoms with Crippen molar-refractivity contribution in [2.75, 3.05) is 6.54 Å². The minimum absolute atomic E-state index is 0. The van der Waals surface area contributed by atoms with E-state index in [0.29, 0.717) is 0 Å². The van der Waals surface area contributed by atoms with Gasteiger partial charge in [-0.25, -0.2) is 0 Å². The Hall–Kier alpha value is -1.05. The van der Waals surface area contributed by atoms with Crippen molar-refractivity contribution in [1.29, 1.82) is 0 Å². The molecule has 0 atom stereocenters. The van der Waals surface area contributed by atoms with Crippen molar-refractivity contribution < 1.29 is 0 Å². The smallest absolute Gasteiger partial charge is 0.00773 e. The summed E-state index contributed by atoms with van der Waals surface area (Å²) < 4.78 is 0. The second-order valence-electron chi connectivity index (χ2n) is 4.28. The van der Waals surface area contributed by atoms with E-state index in [-0.39, 0.29) is 12.4 Å². The third kappa shape index (κ3) is 4.03. The van der Waals surface area contributed by atoms with Gasteiger partial charge in [0.25, 0.3) is 0 Å². The summed E-state index contributed by atoms with van der Waals surface area (Å²) in [4.78, 5) is 0. The molecule has 1 nitrogen and oxygen atoms in total. The highest BCUT2D eigenvalue weighted by molar-refractivity contribution is 5.85. The molecular weight excluding hydrogens is 230 g/mol. The lowest BCUT2D eigenvalue weighted by Crippen LogP contribution is -1.98. The molecule has 0 saturated carbocycles. The zero-order chi connectivity index (χ0) is 11.2. The average molecular weight is 250 g/mol. The lowest BCUT2D eigenvalue weighted by molar-refractivity contribution is 0.687. The van der Waals surface area contributed by atoms with Crippen LogP contribution in [0.2, 0.25) is 0 Å². The van der Waals surface area contributed by atoms with E-state index < -0.39 is 0 Å². The van der Waals surface area contributed by atoms with Crippen LogP contribution in [0.1, 0.15) is 24.8 Å². The van der Waals surface area contributed by atoms with E-state index >= 15 is 0 Å². The number of hydrogen-bond donors (Lipinski definition) is 1. The van der Waals surface area contributed by atoms with E-state index in [9.17, 15) is 0 Å². The van der Waals surface area contributed by atoms with Gasteiger partial charge in [0.2, 0.25) is 0 Å². The number of aryl methyl sites for hydroxylation is 1. The molecule has 17 heavy (non-hydrogen) atoms. The van der Waals surface area contributed by atoms with Crippen LogP contribution in [0.5, 0.6) is 0 Å². The quantitative estimate of drug-likeness (QED) is 0.799. The fourth-order valence-electron chi connectivity index (χ4n) is 2.04. The predicted octanol–water partition coefficient (Wildman–Crippen LogP) is 3.93. The molecule has 0 bridgehead atoms. The molecule has 0 unspecified atom stereocenters. The Balaban J connectivity index is 0.00000144. The summed E-state index contributed by atoms with van der Waals surface area (Å²) in [5.74, 6) is 0. The van der Waals surface area contributed by atoms with Gasteiger partial charge in [-0.15, -0.1) is 12.4 Å². The Kier molecular flexibility index (Phi) is 6.03. The SMILES string of the molecule is Cl.NCCCCCc1ccc2ccccc2c1. The molecule has 2 aromatic rings. The summed E-state index contributed by atoms with van der Waals surface area (Å²) in [6.07, 6.45) is 4.80. The summed E-state index contributed by atoms with van der Waals surface area (Å²) in [5.41, 5.74) is 6.92. The molecule has 92 valence electrons. The Morgan fingerprint density at radius 3 is 2.35 bits per heavy atom. The first kappa shape index (κ1) is 14.0. The number of fused-ring (bicyclic) bond motifs is 1. The lowest BCUT2D eigenvalue weighted by Gasteiger charge is -2.03. The van der Waals surface area contributed by atoms with Crippen LogP contribution in [0.15, 0.2) is 42.5 Å². The van der Waals surface area contributed by atoms with Crippen LogP contribution in [0.3, 0.4) is 0 Å². The van der Waals surface area contributed by atoms with Gasteiger partial charge in [-0.2, -0.15) is 0 Å². The highest BCUT2D eigenvalue weighted by Gasteiger charge is 1.96. The third-order valence-corrected chi connectivity index (χ3v) is 2.98. The first-order chi connectivity index (χ1) is 7.90. The minimum Gasteiger partial charge on any atom is -0.330 e. The number of hydrogen-bond acceptors (Lipinski definition) is 1. The van der Waals surface area contributed by atoms with Gasteiger partial charge < -0.3 is 5.73 Å². The van der Waals surface area contributed by atoms with Gasteiger partial charge >= 0.3 is 0 Å². The van der Waals surface area contributed by atoms with E-state index in [2.05, 4.69) is 42.5 Å². The van der Waals surface area contributed by atoms with E-state index in [1.165, 1.54) is 35.6 Å². The van der Waals surface area contributed by atoms with Crippen molar-refractivity contribution in [3.8, 4) is 0 Å². The van der Waals surface area contributed by atoms with Crippen molar-refractivity contribution in [2.24, 2.45) is 5.73 Å². The van der Waals surface area contributed by atoms with Crippen molar-refractivity contribution in [1.82, 2.24) is 0 Å². The van der Waals surface area contributed by atoms with Crippen LogP contribution in [0.4, 0.5) is 0 Å². The van der Waals surface area contributed by atoms with Gasteiger partial charge in [0.15, 0.2) is 0 Å². The van der Waals surface area contributed by atoms with Gasteiger partial charge in [-0.3, -0.25) is 0 Å². The zero-order valence-corrected chi connectivity index (χ0v) is 10.9. The summed E-state index contributed by atoms with van der Waals surface area (Å²) in [6.45, 7) is 0.817. The van der Waals surface area contributed by atoms with Crippen molar-refractivity contribution in [2.45, 2.75) is 25.7 Å². The summed E-state index contributed by atoms with van der Waals surface area (Å²) >= 11 is 0. The first-order valence-corrected chi connectivity index (χ1v) is 6.08. The molecule has 0 saturated heterocycles. The Morgan fingerprint density at radius 1 is 0.824 bits per heavy atom. The third-order valence-electron chi connectivity index (χ3n) is 2.98. The standard InChI is InChI=1S/C15H19N.ClH/c16-11-5-1-2-6-13-9-10-14-7-3-4-8-15(14)12-13;/h3-4,7-10,12H,1-2,5-6,11,16H2;1H. The second kappa shape index (κ2) is 7.31. The lowest BCUT2D eigenvalue weighted by atomic mass is 10.0. The maximum Gasteiger partial charge on any atom is -0.00773 e. The molecule has 0 aliphatic carbocycles. The molecule has 0 aliphatic rings. The zero-order valence-electron chi connectivity index (χ0n) is 10.1. The van der Waals surface area contributed by atoms with Gasteiger partial charge in [0, 0.05) is 0 Å². The minimum atomic E-state index is 0. The Bertz CT molecular complexity index is 453. The van der Waals surface area contributed by atoms with Crippen LogP contribution in [-0.4, -0.2) is 6.54 Å². The van der Waals surface area contributed by atoms with E-state index in [1.54, 1.807) is 0 Å². The molecule has 2 rings (SSSR count). The Labute approximate surface area is 109 Å². The molecule has 0 spiro atoms. The molecule has 0 radical (unpaired) electrons. The van der Waals surface area contributed by atoms with Gasteiger partial charge in [0.1, 0.15) is 0 Å².